The van der Waals surface area contributed by atoms with Crippen LogP contribution in [-0.2, 0) is 0 Å². The standard InChI is InChI=1S/C14H14N.ClH/c1-2-4-12(5-3-1)13-8-10-15(11-9-13)14-6-7-14;/h1-5,8-11,14H,6-7H2;1H/q+1;/p-1. The largest absolute Gasteiger partial charge is 1.00 e. The zero-order chi connectivity index (χ0) is 10.1. The minimum absolute atomic E-state index is 0. The van der Waals surface area contributed by atoms with Crippen molar-refractivity contribution in [2.24, 2.45) is 0 Å². The Labute approximate surface area is 102 Å². The normalized spacial score (nSPS) is 14.2. The van der Waals surface area contributed by atoms with E-state index in [1.807, 2.05) is 0 Å². The number of rotatable bonds is 2. The van der Waals surface area contributed by atoms with Crippen molar-refractivity contribution in [3.63, 3.8) is 0 Å². The van der Waals surface area contributed by atoms with Crippen molar-refractivity contribution >= 4 is 0 Å². The zero-order valence-electron chi connectivity index (χ0n) is 9.01. The molecule has 1 heterocycles. The molecule has 0 unspecified atom stereocenters. The Morgan fingerprint density at radius 1 is 0.812 bits per heavy atom. The average Bonchev–Trinajstić information content (AvgIpc) is 3.15. The van der Waals surface area contributed by atoms with E-state index < -0.39 is 0 Å². The maximum Gasteiger partial charge on any atom is 0.169 e. The lowest BCUT2D eigenvalue weighted by Crippen LogP contribution is -3.00. The predicted molar refractivity (Wildman–Crippen MR) is 60.3 cm³/mol. The molecule has 0 amide bonds. The molecule has 1 aromatic heterocycles. The molecule has 0 radical (unpaired) electrons. The van der Waals surface area contributed by atoms with Gasteiger partial charge in [-0.1, -0.05) is 30.3 Å². The second kappa shape index (κ2) is 4.67. The topological polar surface area (TPSA) is 3.88 Å². The lowest BCUT2D eigenvalue weighted by atomic mass is 10.1. The van der Waals surface area contributed by atoms with E-state index in [2.05, 4.69) is 59.4 Å². The van der Waals surface area contributed by atoms with Gasteiger partial charge in [-0.2, -0.15) is 0 Å². The molecule has 0 saturated heterocycles. The second-order valence-corrected chi connectivity index (χ2v) is 4.13. The van der Waals surface area contributed by atoms with Gasteiger partial charge in [-0.15, -0.1) is 0 Å². The first kappa shape index (κ1) is 11.2. The van der Waals surface area contributed by atoms with E-state index in [1.165, 1.54) is 24.0 Å². The van der Waals surface area contributed by atoms with Crippen molar-refractivity contribution in [1.29, 1.82) is 0 Å². The zero-order valence-corrected chi connectivity index (χ0v) is 9.77. The van der Waals surface area contributed by atoms with Crippen LogP contribution in [0, 0.1) is 0 Å². The Morgan fingerprint density at radius 2 is 1.38 bits per heavy atom. The molecule has 1 aliphatic carbocycles. The second-order valence-electron chi connectivity index (χ2n) is 4.13. The molecule has 1 aliphatic rings. The van der Waals surface area contributed by atoms with Crippen molar-refractivity contribution in [1.82, 2.24) is 0 Å². The van der Waals surface area contributed by atoms with E-state index in [0.29, 0.717) is 0 Å². The Bertz CT molecular complexity index is 446. The monoisotopic (exact) mass is 231 g/mol. The van der Waals surface area contributed by atoms with Gasteiger partial charge in [-0.3, -0.25) is 0 Å². The van der Waals surface area contributed by atoms with Crippen LogP contribution in [0.25, 0.3) is 11.1 Å². The highest BCUT2D eigenvalue weighted by Crippen LogP contribution is 2.29. The quantitative estimate of drug-likeness (QED) is 0.640. The number of hydrogen-bond donors (Lipinski definition) is 0. The number of halogens is 1. The summed E-state index contributed by atoms with van der Waals surface area (Å²) < 4.78 is 2.31. The Hall–Kier alpha value is -1.34. The van der Waals surface area contributed by atoms with Gasteiger partial charge in [0.1, 0.15) is 0 Å². The number of benzene rings is 1. The molecular weight excluding hydrogens is 218 g/mol. The third kappa shape index (κ3) is 2.25. The fourth-order valence-corrected chi connectivity index (χ4v) is 1.88. The smallest absolute Gasteiger partial charge is 0.169 e. The molecule has 2 aromatic rings. The third-order valence-corrected chi connectivity index (χ3v) is 2.93. The molecule has 2 heteroatoms. The molecule has 82 valence electrons. The van der Waals surface area contributed by atoms with Crippen LogP contribution in [0.1, 0.15) is 18.9 Å². The molecule has 16 heavy (non-hydrogen) atoms. The highest BCUT2D eigenvalue weighted by molar-refractivity contribution is 5.61. The first-order chi connectivity index (χ1) is 7.43. The Kier molecular flexibility index (Phi) is 3.25. The van der Waals surface area contributed by atoms with Gasteiger partial charge >= 0.3 is 0 Å². The van der Waals surface area contributed by atoms with Crippen LogP contribution in [-0.4, -0.2) is 0 Å². The van der Waals surface area contributed by atoms with Gasteiger partial charge in [0, 0.05) is 25.0 Å². The summed E-state index contributed by atoms with van der Waals surface area (Å²) in [6.07, 6.45) is 7.07. The van der Waals surface area contributed by atoms with Crippen LogP contribution in [0.4, 0.5) is 0 Å². The van der Waals surface area contributed by atoms with E-state index >= 15 is 0 Å². The Balaban J connectivity index is 0.000000963. The van der Waals surface area contributed by atoms with Crippen molar-refractivity contribution in [3.8, 4) is 11.1 Å². The first-order valence-electron chi connectivity index (χ1n) is 5.50. The van der Waals surface area contributed by atoms with Crippen LogP contribution < -0.4 is 17.0 Å². The van der Waals surface area contributed by atoms with Crippen molar-refractivity contribution in [3.05, 3.63) is 54.9 Å². The maximum absolute atomic E-state index is 2.31. The van der Waals surface area contributed by atoms with Crippen LogP contribution in [0.3, 0.4) is 0 Å². The summed E-state index contributed by atoms with van der Waals surface area (Å²) in [6, 6.07) is 15.7. The van der Waals surface area contributed by atoms with Gasteiger partial charge < -0.3 is 12.4 Å². The molecule has 0 bridgehead atoms. The van der Waals surface area contributed by atoms with Gasteiger partial charge in [-0.25, -0.2) is 4.57 Å². The van der Waals surface area contributed by atoms with E-state index in [9.17, 15) is 0 Å². The fourth-order valence-electron chi connectivity index (χ4n) is 1.88. The number of nitrogens with zero attached hydrogens (tertiary/aromatic N) is 1. The molecule has 1 fully saturated rings. The summed E-state index contributed by atoms with van der Waals surface area (Å²) in [6.45, 7) is 0. The van der Waals surface area contributed by atoms with Crippen LogP contribution in [0.5, 0.6) is 0 Å². The van der Waals surface area contributed by atoms with E-state index in [1.54, 1.807) is 0 Å². The van der Waals surface area contributed by atoms with Crippen LogP contribution in [0.2, 0.25) is 0 Å². The highest BCUT2D eigenvalue weighted by Gasteiger charge is 2.30. The number of aromatic nitrogens is 1. The van der Waals surface area contributed by atoms with Gasteiger partial charge in [-0.05, 0) is 11.1 Å². The molecule has 0 aliphatic heterocycles. The minimum atomic E-state index is 0. The molecule has 0 N–H and O–H groups in total. The number of pyridine rings is 1. The lowest BCUT2D eigenvalue weighted by Gasteiger charge is -1.99. The highest BCUT2D eigenvalue weighted by atomic mass is 35.5. The van der Waals surface area contributed by atoms with Crippen molar-refractivity contribution in [2.45, 2.75) is 18.9 Å². The summed E-state index contributed by atoms with van der Waals surface area (Å²) in [5, 5.41) is 0. The summed E-state index contributed by atoms with van der Waals surface area (Å²) in [4.78, 5) is 0. The molecular formula is C14H14ClN. The molecule has 0 spiro atoms. The van der Waals surface area contributed by atoms with Crippen LogP contribution >= 0.6 is 0 Å². The first-order valence-corrected chi connectivity index (χ1v) is 5.50. The molecule has 1 saturated carbocycles. The maximum atomic E-state index is 2.31. The fraction of sp³-hybridized carbons (Fsp3) is 0.214. The van der Waals surface area contributed by atoms with Gasteiger partial charge in [0.2, 0.25) is 0 Å². The van der Waals surface area contributed by atoms with Crippen LogP contribution in [0.15, 0.2) is 54.9 Å². The van der Waals surface area contributed by atoms with Crippen molar-refractivity contribution < 1.29 is 17.0 Å². The molecule has 0 atom stereocenters. The summed E-state index contributed by atoms with van der Waals surface area (Å²) in [5.74, 6) is 0. The lowest BCUT2D eigenvalue weighted by molar-refractivity contribution is -0.700. The van der Waals surface area contributed by atoms with Gasteiger partial charge in [0.25, 0.3) is 0 Å². The third-order valence-electron chi connectivity index (χ3n) is 2.93. The van der Waals surface area contributed by atoms with E-state index in [0.717, 1.165) is 6.04 Å². The summed E-state index contributed by atoms with van der Waals surface area (Å²) in [5.41, 5.74) is 2.59. The van der Waals surface area contributed by atoms with Gasteiger partial charge in [0.05, 0.1) is 0 Å². The molecule has 3 rings (SSSR count). The minimum Gasteiger partial charge on any atom is -1.00 e. The predicted octanol–water partition coefficient (Wildman–Crippen LogP) is -0.0200. The molecule has 1 aromatic carbocycles. The van der Waals surface area contributed by atoms with E-state index in [4.69, 9.17) is 0 Å². The average molecular weight is 232 g/mol. The SMILES string of the molecule is [Cl-].c1ccc(-c2cc[n+](C3CC3)cc2)cc1. The summed E-state index contributed by atoms with van der Waals surface area (Å²) >= 11 is 0. The molecule has 1 nitrogen and oxygen atoms in total. The Morgan fingerprint density at radius 3 is 1.94 bits per heavy atom. The summed E-state index contributed by atoms with van der Waals surface area (Å²) in [7, 11) is 0. The van der Waals surface area contributed by atoms with E-state index in [-0.39, 0.29) is 12.4 Å². The van der Waals surface area contributed by atoms with Gasteiger partial charge in [0.15, 0.2) is 18.4 Å². The number of hydrogen-bond acceptors (Lipinski definition) is 0. The van der Waals surface area contributed by atoms with Crippen molar-refractivity contribution in [2.75, 3.05) is 0 Å².